The highest BCUT2D eigenvalue weighted by Crippen LogP contribution is 2.36. The average molecular weight is 588 g/mol. The molecule has 4 rings (SSSR count). The van der Waals surface area contributed by atoms with Crippen LogP contribution < -0.4 is 0 Å². The van der Waals surface area contributed by atoms with E-state index in [1.54, 1.807) is 0 Å². The number of fused-ring (bicyclic) bond motifs is 1. The first-order chi connectivity index (χ1) is 19.6. The molecule has 0 amide bonds. The Morgan fingerprint density at radius 3 is 2.56 bits per heavy atom. The quantitative estimate of drug-likeness (QED) is 0.163. The molecule has 1 heterocycles. The first-order valence-electron chi connectivity index (χ1n) is 14.1. The van der Waals surface area contributed by atoms with Gasteiger partial charge >= 0.3 is 5.97 Å². The van der Waals surface area contributed by atoms with Gasteiger partial charge < -0.3 is 10.2 Å². The Morgan fingerprint density at radius 1 is 1.02 bits per heavy atom. The molecule has 0 aliphatic heterocycles. The minimum atomic E-state index is -0.778. The van der Waals surface area contributed by atoms with Crippen molar-refractivity contribution in [2.24, 2.45) is 0 Å². The summed E-state index contributed by atoms with van der Waals surface area (Å²) in [6, 6.07) is 26.2. The number of aromatic nitrogens is 1. The molecule has 4 aromatic rings. The van der Waals surface area contributed by atoms with Crippen molar-refractivity contribution < 1.29 is 15.0 Å². The number of pyridine rings is 1. The molecule has 0 aliphatic rings. The van der Waals surface area contributed by atoms with Gasteiger partial charge in [0.05, 0.1) is 22.7 Å². The van der Waals surface area contributed by atoms with E-state index >= 15 is 0 Å². The lowest BCUT2D eigenvalue weighted by Crippen LogP contribution is -2.19. The van der Waals surface area contributed by atoms with E-state index in [0.29, 0.717) is 17.9 Å². The van der Waals surface area contributed by atoms with Gasteiger partial charge in [0.1, 0.15) is 0 Å². The predicted molar refractivity (Wildman–Crippen MR) is 174 cm³/mol. The Kier molecular flexibility index (Phi) is 10.7. The molecule has 214 valence electrons. The number of aliphatic hydroxyl groups is 1. The van der Waals surface area contributed by atoms with E-state index in [1.165, 1.54) is 5.56 Å². The second kappa shape index (κ2) is 14.2. The van der Waals surface area contributed by atoms with Crippen molar-refractivity contribution in [3.8, 4) is 0 Å². The van der Waals surface area contributed by atoms with E-state index in [-0.39, 0.29) is 5.25 Å². The molecule has 0 bridgehead atoms. The number of aryl methyl sites for hydroxylation is 1. The molecule has 0 fully saturated rings. The minimum Gasteiger partial charge on any atom is -0.481 e. The second-order valence-corrected chi connectivity index (χ2v) is 12.8. The number of hydrogen-bond donors (Lipinski definition) is 2. The number of carbonyl (C=O) groups is 1. The highest BCUT2D eigenvalue weighted by Gasteiger charge is 2.22. The highest BCUT2D eigenvalue weighted by atomic mass is 35.5. The number of halogens is 1. The molecule has 0 spiro atoms. The molecule has 2 unspecified atom stereocenters. The molecule has 0 saturated heterocycles. The largest absolute Gasteiger partial charge is 0.481 e. The number of aliphatic carboxylic acids is 1. The fourth-order valence-corrected chi connectivity index (χ4v) is 6.65. The lowest BCUT2D eigenvalue weighted by atomic mass is 9.89. The topological polar surface area (TPSA) is 70.4 Å². The van der Waals surface area contributed by atoms with Crippen molar-refractivity contribution in [3.63, 3.8) is 0 Å². The maximum absolute atomic E-state index is 11.9. The number of benzene rings is 3. The molecule has 2 atom stereocenters. The maximum Gasteiger partial charge on any atom is 0.310 e. The number of carboxylic acids is 1. The standard InChI is InChI=1S/C35H38ClNO3S/c1-4-30(34(38)39)31-11-6-5-9-25(31)15-19-33(41-21-20-35(2,3)40)27-10-7-8-24(22-27)12-17-29-18-14-26-13-16-28(36)23-32(26)37-29/h5-14,16-18,22-23,30,33,40H,4,15,19-21H2,1-3H3,(H,38,39)/b17-12+. The third kappa shape index (κ3) is 8.93. The van der Waals surface area contributed by atoms with Gasteiger partial charge in [-0.3, -0.25) is 4.79 Å². The zero-order valence-electron chi connectivity index (χ0n) is 23.9. The molecular weight excluding hydrogens is 550 g/mol. The summed E-state index contributed by atoms with van der Waals surface area (Å²) in [5, 5.41) is 22.0. The summed E-state index contributed by atoms with van der Waals surface area (Å²) in [7, 11) is 0. The maximum atomic E-state index is 11.9. The highest BCUT2D eigenvalue weighted by molar-refractivity contribution is 7.99. The lowest BCUT2D eigenvalue weighted by molar-refractivity contribution is -0.138. The first-order valence-corrected chi connectivity index (χ1v) is 15.5. The van der Waals surface area contributed by atoms with Gasteiger partial charge in [0.15, 0.2) is 0 Å². The Balaban J connectivity index is 1.56. The molecule has 0 aliphatic carbocycles. The smallest absolute Gasteiger partial charge is 0.310 e. The van der Waals surface area contributed by atoms with Gasteiger partial charge in [-0.05, 0) is 91.8 Å². The van der Waals surface area contributed by atoms with Crippen LogP contribution in [0.5, 0.6) is 0 Å². The first kappa shape index (κ1) is 30.8. The molecule has 4 nitrogen and oxygen atoms in total. The van der Waals surface area contributed by atoms with Gasteiger partial charge in [-0.15, -0.1) is 0 Å². The van der Waals surface area contributed by atoms with Gasteiger partial charge in [-0.2, -0.15) is 11.8 Å². The normalized spacial score (nSPS) is 13.5. The Labute approximate surface area is 252 Å². The molecule has 6 heteroatoms. The summed E-state index contributed by atoms with van der Waals surface area (Å²) >= 11 is 8.01. The molecular formula is C35H38ClNO3S. The zero-order chi connectivity index (χ0) is 29.4. The Hall–Kier alpha value is -3.12. The lowest BCUT2D eigenvalue weighted by Gasteiger charge is -2.22. The molecule has 0 radical (unpaired) electrons. The number of carboxylic acid groups (broad SMARTS) is 1. The second-order valence-electron chi connectivity index (χ2n) is 11.0. The summed E-state index contributed by atoms with van der Waals surface area (Å²) in [4.78, 5) is 16.7. The SMILES string of the molecule is CCC(C(=O)O)c1ccccc1CCC(SCCC(C)(C)O)c1cccc(/C=C/c2ccc3ccc(Cl)cc3n2)c1. The summed E-state index contributed by atoms with van der Waals surface area (Å²) in [5.74, 6) is -0.452. The van der Waals surface area contributed by atoms with E-state index in [1.807, 2.05) is 81.1 Å². The molecule has 41 heavy (non-hydrogen) atoms. The van der Waals surface area contributed by atoms with E-state index in [4.69, 9.17) is 16.6 Å². The van der Waals surface area contributed by atoms with Crippen molar-refractivity contribution >= 4 is 52.4 Å². The van der Waals surface area contributed by atoms with Gasteiger partial charge in [-0.25, -0.2) is 4.98 Å². The Morgan fingerprint density at radius 2 is 1.80 bits per heavy atom. The van der Waals surface area contributed by atoms with Crippen LogP contribution in [0, 0.1) is 0 Å². The fourth-order valence-electron chi connectivity index (χ4n) is 4.96. The third-order valence-electron chi connectivity index (χ3n) is 7.25. The van der Waals surface area contributed by atoms with Gasteiger partial charge in [0, 0.05) is 15.7 Å². The molecule has 3 aromatic carbocycles. The van der Waals surface area contributed by atoms with E-state index in [9.17, 15) is 15.0 Å². The fraction of sp³-hybridized carbons (Fsp3) is 0.314. The summed E-state index contributed by atoms with van der Waals surface area (Å²) in [6.45, 7) is 5.61. The zero-order valence-corrected chi connectivity index (χ0v) is 25.5. The van der Waals surface area contributed by atoms with Crippen LogP contribution in [0.1, 0.15) is 79.1 Å². The van der Waals surface area contributed by atoms with E-state index in [2.05, 4.69) is 42.5 Å². The summed E-state index contributed by atoms with van der Waals surface area (Å²) in [5.41, 5.74) is 5.31. The number of thioether (sulfide) groups is 1. The molecule has 1 aromatic heterocycles. The van der Waals surface area contributed by atoms with E-state index in [0.717, 1.165) is 51.9 Å². The van der Waals surface area contributed by atoms with E-state index < -0.39 is 17.5 Å². The minimum absolute atomic E-state index is 0.199. The number of nitrogens with zero attached hydrogens (tertiary/aromatic N) is 1. The van der Waals surface area contributed by atoms with Crippen molar-refractivity contribution in [2.75, 3.05) is 5.75 Å². The van der Waals surface area contributed by atoms with Crippen LogP contribution in [-0.4, -0.2) is 32.5 Å². The average Bonchev–Trinajstić information content (AvgIpc) is 2.94. The van der Waals surface area contributed by atoms with Crippen molar-refractivity contribution in [1.29, 1.82) is 0 Å². The number of rotatable bonds is 13. The van der Waals surface area contributed by atoms with Gasteiger partial charge in [-0.1, -0.05) is 85.3 Å². The van der Waals surface area contributed by atoms with Crippen molar-refractivity contribution in [3.05, 3.63) is 112 Å². The van der Waals surface area contributed by atoms with Crippen LogP contribution >= 0.6 is 23.4 Å². The molecule has 2 N–H and O–H groups in total. The van der Waals surface area contributed by atoms with Crippen LogP contribution in [0.15, 0.2) is 78.9 Å². The van der Waals surface area contributed by atoms with Crippen LogP contribution in [0.3, 0.4) is 0 Å². The van der Waals surface area contributed by atoms with Gasteiger partial charge in [0.2, 0.25) is 0 Å². The monoisotopic (exact) mass is 587 g/mol. The third-order valence-corrected chi connectivity index (χ3v) is 8.84. The summed E-state index contributed by atoms with van der Waals surface area (Å²) < 4.78 is 0. The van der Waals surface area contributed by atoms with Gasteiger partial charge in [0.25, 0.3) is 0 Å². The van der Waals surface area contributed by atoms with Crippen LogP contribution in [0.2, 0.25) is 5.02 Å². The summed E-state index contributed by atoms with van der Waals surface area (Å²) in [6.07, 6.45) is 6.99. The van der Waals surface area contributed by atoms with Crippen molar-refractivity contribution in [2.45, 2.75) is 63.2 Å². The Bertz CT molecular complexity index is 1510. The van der Waals surface area contributed by atoms with Crippen LogP contribution in [0.4, 0.5) is 0 Å². The van der Waals surface area contributed by atoms with Crippen LogP contribution in [-0.2, 0) is 11.2 Å². The predicted octanol–water partition coefficient (Wildman–Crippen LogP) is 9.20. The molecule has 0 saturated carbocycles. The van der Waals surface area contributed by atoms with Crippen molar-refractivity contribution in [1.82, 2.24) is 4.98 Å². The van der Waals surface area contributed by atoms with Crippen LogP contribution in [0.25, 0.3) is 23.1 Å². The number of hydrogen-bond acceptors (Lipinski definition) is 4.